The molecule has 2 atom stereocenters. The molecule has 1 saturated heterocycles. The van der Waals surface area contributed by atoms with Crippen LogP contribution < -0.4 is 15.6 Å². The summed E-state index contributed by atoms with van der Waals surface area (Å²) in [5.74, 6) is -1.75. The minimum atomic E-state index is -1.40. The average Bonchev–Trinajstić information content (AvgIpc) is 3.33. The molecule has 1 fully saturated rings. The zero-order valence-electron chi connectivity index (χ0n) is 15.5. The van der Waals surface area contributed by atoms with Gasteiger partial charge in [-0.3, -0.25) is 9.36 Å². The largest absolute Gasteiger partial charge is 0.477 e. The predicted octanol–water partition coefficient (Wildman–Crippen LogP) is 0.497. The van der Waals surface area contributed by atoms with Crippen LogP contribution in [0.25, 0.3) is 16.2 Å². The van der Waals surface area contributed by atoms with E-state index in [0.29, 0.717) is 19.0 Å². The Morgan fingerprint density at radius 3 is 2.79 bits per heavy atom. The van der Waals surface area contributed by atoms with Gasteiger partial charge in [0.2, 0.25) is 17.3 Å². The molecule has 1 aliphatic heterocycles. The first-order valence-electron chi connectivity index (χ1n) is 8.65. The molecular weight excluding hydrogens is 403 g/mol. The number of thiazole rings is 1. The van der Waals surface area contributed by atoms with E-state index in [1.165, 1.54) is 16.1 Å². The Labute approximate surface area is 167 Å². The van der Waals surface area contributed by atoms with Gasteiger partial charge in [-0.2, -0.15) is 14.4 Å². The van der Waals surface area contributed by atoms with E-state index in [1.54, 1.807) is 7.11 Å². The first kappa shape index (κ1) is 19.4. The highest BCUT2D eigenvalue weighted by Crippen LogP contribution is 2.23. The fourth-order valence-corrected chi connectivity index (χ4v) is 4.01. The number of nitrogens with one attached hydrogen (secondary N) is 1. The summed E-state index contributed by atoms with van der Waals surface area (Å²) >= 11 is 0.968. The fraction of sp³-hybridized carbons (Fsp3) is 0.353. The summed E-state index contributed by atoms with van der Waals surface area (Å²) in [7, 11) is 3.46. The molecule has 3 aromatic rings. The second-order valence-corrected chi connectivity index (χ2v) is 7.32. The van der Waals surface area contributed by atoms with Crippen LogP contribution in [0.5, 0.6) is 0 Å². The number of halogens is 1. The lowest BCUT2D eigenvalue weighted by Crippen LogP contribution is -2.37. The number of rotatable bonds is 5. The molecule has 12 heteroatoms. The molecule has 1 aliphatic rings. The molecule has 0 radical (unpaired) electrons. The Balaban J connectivity index is 1.88. The Morgan fingerprint density at radius 1 is 1.41 bits per heavy atom. The van der Waals surface area contributed by atoms with Crippen molar-refractivity contribution in [3.63, 3.8) is 0 Å². The molecule has 4 heterocycles. The van der Waals surface area contributed by atoms with E-state index in [0.717, 1.165) is 17.5 Å². The second-order valence-electron chi connectivity index (χ2n) is 6.48. The maximum absolute atomic E-state index is 13.5. The number of carboxylic acid groups (broad SMARTS) is 1. The van der Waals surface area contributed by atoms with Gasteiger partial charge in [0.25, 0.3) is 0 Å². The quantitative estimate of drug-likeness (QED) is 0.607. The summed E-state index contributed by atoms with van der Waals surface area (Å²) in [6, 6.07) is 0.0731. The van der Waals surface area contributed by atoms with Crippen LogP contribution in [0.2, 0.25) is 0 Å². The number of fused-ring (bicyclic) bond motifs is 1. The summed E-state index contributed by atoms with van der Waals surface area (Å²) in [6.07, 6.45) is 2.34. The van der Waals surface area contributed by atoms with Gasteiger partial charge in [0.1, 0.15) is 5.56 Å². The Kier molecular flexibility index (Phi) is 4.98. The van der Waals surface area contributed by atoms with Gasteiger partial charge in [-0.1, -0.05) is 0 Å². The molecular formula is C17H17FN6O4S. The molecule has 2 N–H and O–H groups in total. The number of carbonyl (C=O) groups is 1. The number of carboxylic acids is 1. The van der Waals surface area contributed by atoms with Gasteiger partial charge in [0.05, 0.1) is 17.5 Å². The van der Waals surface area contributed by atoms with Crippen LogP contribution in [-0.4, -0.2) is 70.0 Å². The van der Waals surface area contributed by atoms with E-state index in [2.05, 4.69) is 20.3 Å². The predicted molar refractivity (Wildman–Crippen MR) is 104 cm³/mol. The van der Waals surface area contributed by atoms with Crippen molar-refractivity contribution in [2.24, 2.45) is 0 Å². The highest BCUT2D eigenvalue weighted by atomic mass is 32.1. The van der Waals surface area contributed by atoms with Crippen LogP contribution >= 0.6 is 11.3 Å². The maximum Gasteiger partial charge on any atom is 0.341 e. The number of ether oxygens (including phenoxy) is 1. The molecule has 0 amide bonds. The van der Waals surface area contributed by atoms with E-state index in [1.807, 2.05) is 11.9 Å². The molecule has 0 saturated carbocycles. The number of aromatic nitrogens is 4. The van der Waals surface area contributed by atoms with Crippen molar-refractivity contribution in [3.8, 4) is 5.13 Å². The maximum atomic E-state index is 13.5. The van der Waals surface area contributed by atoms with Gasteiger partial charge in [-0.25, -0.2) is 9.78 Å². The zero-order valence-corrected chi connectivity index (χ0v) is 16.3. The van der Waals surface area contributed by atoms with Crippen LogP contribution in [0.15, 0.2) is 22.6 Å². The highest BCUT2D eigenvalue weighted by Gasteiger charge is 2.33. The molecule has 0 aliphatic carbocycles. The fourth-order valence-electron chi connectivity index (χ4n) is 3.36. The molecule has 3 aromatic heterocycles. The Bertz CT molecular complexity index is 1140. The number of hydrogen-bond donors (Lipinski definition) is 2. The van der Waals surface area contributed by atoms with Crippen LogP contribution in [0.4, 0.5) is 10.3 Å². The average molecular weight is 420 g/mol. The second kappa shape index (κ2) is 7.46. The van der Waals surface area contributed by atoms with Gasteiger partial charge in [0, 0.05) is 38.0 Å². The van der Waals surface area contributed by atoms with Gasteiger partial charge in [-0.05, 0) is 7.05 Å². The third-order valence-electron chi connectivity index (χ3n) is 4.85. The topological polar surface area (TPSA) is 122 Å². The zero-order chi connectivity index (χ0) is 20.7. The first-order chi connectivity index (χ1) is 13.9. The van der Waals surface area contributed by atoms with Crippen molar-refractivity contribution in [2.45, 2.75) is 12.1 Å². The standard InChI is InChI=1S/C17H17FN6O4S/c1-19-10-5-23(6-11(10)28-2)16-20-3-8-13(25)9(15(26)27)4-24(14(8)22-16)17-21-12(18)7-29-17/h3-4,7,10-11,19H,5-6H2,1-2H3,(H,26,27)/t10-,11-/m1/s1. The Morgan fingerprint density at radius 2 is 2.21 bits per heavy atom. The number of pyridine rings is 1. The van der Waals surface area contributed by atoms with Gasteiger partial charge < -0.3 is 20.1 Å². The molecule has 0 aromatic carbocycles. The van der Waals surface area contributed by atoms with E-state index < -0.39 is 22.9 Å². The van der Waals surface area contributed by atoms with Crippen LogP contribution in [0, 0.1) is 5.95 Å². The summed E-state index contributed by atoms with van der Waals surface area (Å²) < 4.78 is 20.3. The molecule has 0 bridgehead atoms. The number of aromatic carboxylic acids is 1. The van der Waals surface area contributed by atoms with Crippen molar-refractivity contribution >= 4 is 34.3 Å². The van der Waals surface area contributed by atoms with Crippen molar-refractivity contribution in [1.82, 2.24) is 24.8 Å². The van der Waals surface area contributed by atoms with Crippen LogP contribution in [0.1, 0.15) is 10.4 Å². The van der Waals surface area contributed by atoms with Crippen molar-refractivity contribution < 1.29 is 19.0 Å². The van der Waals surface area contributed by atoms with E-state index in [9.17, 15) is 19.1 Å². The third-order valence-corrected chi connectivity index (χ3v) is 5.67. The van der Waals surface area contributed by atoms with E-state index in [-0.39, 0.29) is 28.3 Å². The minimum Gasteiger partial charge on any atom is -0.477 e. The number of likely N-dealkylation sites (N-methyl/N-ethyl adjacent to an activating group) is 1. The summed E-state index contributed by atoms with van der Waals surface area (Å²) in [4.78, 5) is 38.5. The van der Waals surface area contributed by atoms with E-state index >= 15 is 0 Å². The summed E-state index contributed by atoms with van der Waals surface area (Å²) in [5, 5.41) is 13.9. The van der Waals surface area contributed by atoms with E-state index in [4.69, 9.17) is 4.74 Å². The minimum absolute atomic E-state index is 0.0110. The SMILES string of the molecule is CN[C@@H]1CN(c2ncc3c(=O)c(C(=O)O)cn(-c4nc(F)cs4)c3n2)C[C@H]1OC. The number of nitrogens with zero attached hydrogens (tertiary/aromatic N) is 5. The van der Waals surface area contributed by atoms with Gasteiger partial charge in [0.15, 0.2) is 10.8 Å². The van der Waals surface area contributed by atoms with Gasteiger partial charge in [-0.15, -0.1) is 11.3 Å². The summed E-state index contributed by atoms with van der Waals surface area (Å²) in [5.41, 5.74) is -1.03. The van der Waals surface area contributed by atoms with Crippen LogP contribution in [0.3, 0.4) is 0 Å². The lowest BCUT2D eigenvalue weighted by Gasteiger charge is -2.17. The number of methoxy groups -OCH3 is 1. The lowest BCUT2D eigenvalue weighted by molar-refractivity contribution is 0.0695. The summed E-state index contributed by atoms with van der Waals surface area (Å²) in [6.45, 7) is 1.13. The molecule has 10 nitrogen and oxygen atoms in total. The van der Waals surface area contributed by atoms with Crippen LogP contribution in [-0.2, 0) is 4.74 Å². The third kappa shape index (κ3) is 3.34. The van der Waals surface area contributed by atoms with Crippen molar-refractivity contribution in [1.29, 1.82) is 0 Å². The molecule has 152 valence electrons. The van der Waals surface area contributed by atoms with Gasteiger partial charge >= 0.3 is 5.97 Å². The molecule has 4 rings (SSSR count). The molecule has 0 unspecified atom stereocenters. The highest BCUT2D eigenvalue weighted by molar-refractivity contribution is 7.12. The van der Waals surface area contributed by atoms with Crippen molar-refractivity contribution in [2.75, 3.05) is 32.1 Å². The molecule has 0 spiro atoms. The normalized spacial score (nSPS) is 19.2. The monoisotopic (exact) mass is 420 g/mol. The molecule has 29 heavy (non-hydrogen) atoms. The number of hydrogen-bond acceptors (Lipinski definition) is 9. The van der Waals surface area contributed by atoms with Crippen molar-refractivity contribution in [3.05, 3.63) is 39.5 Å². The Hall–Kier alpha value is -2.96. The smallest absolute Gasteiger partial charge is 0.341 e. The number of anilines is 1. The lowest BCUT2D eigenvalue weighted by atomic mass is 10.2. The first-order valence-corrected chi connectivity index (χ1v) is 9.53.